The lowest BCUT2D eigenvalue weighted by atomic mass is 10.2. The number of nitrogens with zero attached hydrogens (tertiary/aromatic N) is 3. The van der Waals surface area contributed by atoms with Crippen molar-refractivity contribution in [2.45, 2.75) is 6.92 Å². The van der Waals surface area contributed by atoms with Crippen LogP contribution >= 0.6 is 0 Å². The second-order valence-corrected chi connectivity index (χ2v) is 5.27. The second-order valence-electron chi connectivity index (χ2n) is 5.27. The third kappa shape index (κ3) is 3.01. The van der Waals surface area contributed by atoms with E-state index in [0.29, 0.717) is 32.0 Å². The van der Waals surface area contributed by atoms with Gasteiger partial charge in [-0.2, -0.15) is 0 Å². The number of hydrogen-bond donors (Lipinski definition) is 1. The summed E-state index contributed by atoms with van der Waals surface area (Å²) < 4.78 is 5.09. The summed E-state index contributed by atoms with van der Waals surface area (Å²) in [7, 11) is 0. The van der Waals surface area contributed by atoms with Crippen LogP contribution in [0.2, 0.25) is 0 Å². The van der Waals surface area contributed by atoms with Crippen LogP contribution in [0.3, 0.4) is 0 Å². The van der Waals surface area contributed by atoms with Gasteiger partial charge in [0.2, 0.25) is 0 Å². The zero-order valence-electron chi connectivity index (χ0n) is 12.6. The van der Waals surface area contributed by atoms with Crippen molar-refractivity contribution >= 4 is 11.8 Å². The molecule has 2 amide bonds. The van der Waals surface area contributed by atoms with Crippen molar-refractivity contribution in [2.75, 3.05) is 26.2 Å². The number of furan rings is 1. The molecule has 8 nitrogen and oxygen atoms in total. The quantitative estimate of drug-likeness (QED) is 0.857. The van der Waals surface area contributed by atoms with Crippen LogP contribution in [0.4, 0.5) is 0 Å². The lowest BCUT2D eigenvalue weighted by Gasteiger charge is -2.34. The Morgan fingerprint density at radius 3 is 2.39 bits per heavy atom. The molecule has 3 rings (SSSR count). The zero-order valence-corrected chi connectivity index (χ0v) is 12.6. The molecule has 1 saturated heterocycles. The highest BCUT2D eigenvalue weighted by molar-refractivity contribution is 5.94. The fourth-order valence-corrected chi connectivity index (χ4v) is 2.48. The van der Waals surface area contributed by atoms with Gasteiger partial charge in [0.25, 0.3) is 17.4 Å². The summed E-state index contributed by atoms with van der Waals surface area (Å²) in [5.41, 5.74) is -0.432. The Balaban J connectivity index is 1.66. The number of aryl methyl sites for hydroxylation is 1. The molecule has 1 aliphatic rings. The highest BCUT2D eigenvalue weighted by atomic mass is 16.3. The first-order valence-corrected chi connectivity index (χ1v) is 7.24. The number of piperazine rings is 1. The Bertz CT molecular complexity index is 773. The molecule has 0 atom stereocenters. The minimum atomic E-state index is -0.448. The van der Waals surface area contributed by atoms with Crippen LogP contribution < -0.4 is 5.56 Å². The van der Waals surface area contributed by atoms with Crippen LogP contribution in [0.5, 0.6) is 0 Å². The average Bonchev–Trinajstić information content (AvgIpc) is 3.08. The lowest BCUT2D eigenvalue weighted by molar-refractivity contribution is 0.0517. The highest BCUT2D eigenvalue weighted by Gasteiger charge is 2.27. The van der Waals surface area contributed by atoms with Crippen LogP contribution in [-0.2, 0) is 0 Å². The number of H-pyrrole nitrogens is 1. The number of rotatable bonds is 2. The Morgan fingerprint density at radius 2 is 1.83 bits per heavy atom. The second kappa shape index (κ2) is 6.07. The fourth-order valence-electron chi connectivity index (χ4n) is 2.48. The van der Waals surface area contributed by atoms with E-state index in [-0.39, 0.29) is 23.1 Å². The maximum absolute atomic E-state index is 12.4. The molecule has 0 bridgehead atoms. The van der Waals surface area contributed by atoms with Crippen molar-refractivity contribution in [1.82, 2.24) is 19.8 Å². The van der Waals surface area contributed by atoms with E-state index >= 15 is 0 Å². The summed E-state index contributed by atoms with van der Waals surface area (Å²) in [6.45, 7) is 3.15. The summed E-state index contributed by atoms with van der Waals surface area (Å²) in [4.78, 5) is 46.0. The number of aromatic nitrogens is 2. The number of hydrogen-bond acceptors (Lipinski definition) is 5. The molecule has 2 aromatic heterocycles. The molecule has 0 spiro atoms. The van der Waals surface area contributed by atoms with Crippen LogP contribution in [0, 0.1) is 6.92 Å². The van der Waals surface area contributed by atoms with Crippen molar-refractivity contribution in [1.29, 1.82) is 0 Å². The Kier molecular flexibility index (Phi) is 3.96. The van der Waals surface area contributed by atoms with Crippen LogP contribution in [0.15, 0.2) is 33.8 Å². The van der Waals surface area contributed by atoms with E-state index < -0.39 is 5.56 Å². The molecule has 2 aromatic rings. The van der Waals surface area contributed by atoms with E-state index in [1.165, 1.54) is 12.5 Å². The number of amides is 2. The molecule has 0 unspecified atom stereocenters. The van der Waals surface area contributed by atoms with E-state index in [0.717, 1.165) is 0 Å². The minimum absolute atomic E-state index is 0.0152. The third-order valence-corrected chi connectivity index (χ3v) is 3.74. The smallest absolute Gasteiger partial charge is 0.289 e. The molecule has 0 aliphatic carbocycles. The maximum Gasteiger partial charge on any atom is 0.289 e. The average molecular weight is 316 g/mol. The van der Waals surface area contributed by atoms with Crippen molar-refractivity contribution in [3.63, 3.8) is 0 Å². The molecular weight excluding hydrogens is 300 g/mol. The van der Waals surface area contributed by atoms with Crippen molar-refractivity contribution in [3.05, 3.63) is 52.1 Å². The monoisotopic (exact) mass is 316 g/mol. The van der Waals surface area contributed by atoms with Gasteiger partial charge < -0.3 is 19.2 Å². The predicted molar refractivity (Wildman–Crippen MR) is 80.1 cm³/mol. The summed E-state index contributed by atoms with van der Waals surface area (Å²) in [5.74, 6) is 0.171. The lowest BCUT2D eigenvalue weighted by Crippen LogP contribution is -2.51. The number of carbonyl (C=O) groups excluding carboxylic acids is 2. The normalized spacial score (nSPS) is 14.8. The van der Waals surface area contributed by atoms with Gasteiger partial charge in [-0.05, 0) is 19.1 Å². The predicted octanol–water partition coefficient (Wildman–Crippen LogP) is 0.270. The van der Waals surface area contributed by atoms with Gasteiger partial charge in [-0.15, -0.1) is 0 Å². The number of nitrogens with one attached hydrogen (secondary N) is 1. The molecule has 1 N–H and O–H groups in total. The summed E-state index contributed by atoms with van der Waals surface area (Å²) >= 11 is 0. The summed E-state index contributed by atoms with van der Waals surface area (Å²) in [6.07, 6.45) is 2.74. The first-order chi connectivity index (χ1) is 11.1. The number of aromatic amines is 1. The Labute approximate surface area is 131 Å². The van der Waals surface area contributed by atoms with Crippen LogP contribution in [0.25, 0.3) is 0 Å². The SMILES string of the molecule is Cc1ncc(C(=O)N2CCN(C(=O)c3ccco3)CC2)c(=O)[nH]1. The van der Waals surface area contributed by atoms with Gasteiger partial charge in [0.1, 0.15) is 11.4 Å². The standard InChI is InChI=1S/C15H16N4O4/c1-10-16-9-11(13(20)17-10)14(21)18-4-6-19(7-5-18)15(22)12-3-2-8-23-12/h2-3,8-9H,4-7H2,1H3,(H,16,17,20). The van der Waals surface area contributed by atoms with Gasteiger partial charge in [0, 0.05) is 32.4 Å². The van der Waals surface area contributed by atoms with Crippen LogP contribution in [0.1, 0.15) is 26.7 Å². The van der Waals surface area contributed by atoms with Gasteiger partial charge >= 0.3 is 0 Å². The van der Waals surface area contributed by atoms with E-state index in [1.807, 2.05) is 0 Å². The van der Waals surface area contributed by atoms with Crippen molar-refractivity contribution in [2.24, 2.45) is 0 Å². The maximum atomic E-state index is 12.4. The third-order valence-electron chi connectivity index (χ3n) is 3.74. The molecule has 120 valence electrons. The molecule has 8 heteroatoms. The van der Waals surface area contributed by atoms with E-state index in [2.05, 4.69) is 9.97 Å². The van der Waals surface area contributed by atoms with Gasteiger partial charge in [-0.25, -0.2) is 4.98 Å². The molecular formula is C15H16N4O4. The van der Waals surface area contributed by atoms with E-state index in [4.69, 9.17) is 4.42 Å². The minimum Gasteiger partial charge on any atom is -0.459 e. The van der Waals surface area contributed by atoms with Crippen molar-refractivity contribution in [3.8, 4) is 0 Å². The van der Waals surface area contributed by atoms with Crippen molar-refractivity contribution < 1.29 is 14.0 Å². The Hall–Kier alpha value is -2.90. The molecule has 1 aliphatic heterocycles. The van der Waals surface area contributed by atoms with E-state index in [9.17, 15) is 14.4 Å². The molecule has 0 aromatic carbocycles. The largest absolute Gasteiger partial charge is 0.459 e. The van der Waals surface area contributed by atoms with E-state index in [1.54, 1.807) is 28.9 Å². The first kappa shape index (κ1) is 15.0. The summed E-state index contributed by atoms with van der Waals surface area (Å²) in [5, 5.41) is 0. The Morgan fingerprint density at radius 1 is 1.17 bits per heavy atom. The highest BCUT2D eigenvalue weighted by Crippen LogP contribution is 2.10. The number of carbonyl (C=O) groups is 2. The van der Waals surface area contributed by atoms with Gasteiger partial charge in [-0.1, -0.05) is 0 Å². The molecule has 23 heavy (non-hydrogen) atoms. The first-order valence-electron chi connectivity index (χ1n) is 7.24. The molecule has 3 heterocycles. The molecule has 1 fully saturated rings. The molecule has 0 radical (unpaired) electrons. The molecule has 0 saturated carbocycles. The van der Waals surface area contributed by atoms with Crippen LogP contribution in [-0.4, -0.2) is 57.8 Å². The zero-order chi connectivity index (χ0) is 16.4. The van der Waals surface area contributed by atoms with Gasteiger partial charge in [0.15, 0.2) is 5.76 Å². The van der Waals surface area contributed by atoms with Gasteiger partial charge in [-0.3, -0.25) is 14.4 Å². The van der Waals surface area contributed by atoms with Gasteiger partial charge in [0.05, 0.1) is 6.26 Å². The summed E-state index contributed by atoms with van der Waals surface area (Å²) in [6, 6.07) is 3.26. The topological polar surface area (TPSA) is 99.5 Å². The fraction of sp³-hybridized carbons (Fsp3) is 0.333.